The Hall–Kier alpha value is -3.24. The summed E-state index contributed by atoms with van der Waals surface area (Å²) in [5.41, 5.74) is 15.2. The van der Waals surface area contributed by atoms with Crippen molar-refractivity contribution in [2.75, 3.05) is 6.54 Å². The van der Waals surface area contributed by atoms with Gasteiger partial charge in [-0.15, -0.1) is 0 Å². The molecule has 11 heteroatoms. The van der Waals surface area contributed by atoms with E-state index in [0.29, 0.717) is 18.5 Å². The summed E-state index contributed by atoms with van der Waals surface area (Å²) >= 11 is 0. The molecule has 0 heterocycles. The van der Waals surface area contributed by atoms with E-state index in [1.54, 1.807) is 24.3 Å². The summed E-state index contributed by atoms with van der Waals surface area (Å²) in [6.45, 7) is 0.604. The second kappa shape index (κ2) is 17.4. The van der Waals surface area contributed by atoms with Crippen molar-refractivity contribution in [1.29, 1.82) is 0 Å². The Morgan fingerprint density at radius 2 is 1.28 bits per heavy atom. The molecule has 0 spiro atoms. The molecule has 1 atom stereocenters. The fourth-order valence-corrected chi connectivity index (χ4v) is 2.07. The minimum atomic E-state index is -1.52. The number of carboxylic acids is 3. The van der Waals surface area contributed by atoms with Crippen LogP contribution in [0.25, 0.3) is 0 Å². The number of benzene rings is 2. The summed E-state index contributed by atoms with van der Waals surface area (Å²) < 4.78 is 0. The van der Waals surface area contributed by atoms with Crippen LogP contribution in [0, 0.1) is 0 Å². The van der Waals surface area contributed by atoms with Crippen molar-refractivity contribution in [2.24, 2.45) is 17.2 Å². The summed E-state index contributed by atoms with van der Waals surface area (Å²) in [7, 11) is 0. The number of primary amides is 1. The first-order valence-corrected chi connectivity index (χ1v) is 9.16. The molecule has 0 aliphatic rings. The monoisotopic (exact) mass is 494 g/mol. The molecule has 0 aliphatic heterocycles. The number of rotatable bonds is 8. The molecule has 32 heavy (non-hydrogen) atoms. The molecule has 0 fully saturated rings. The van der Waals surface area contributed by atoms with Gasteiger partial charge in [0.1, 0.15) is 6.04 Å². The maximum absolute atomic E-state index is 10.4. The number of aliphatic carboxylic acids is 1. The molecule has 1 radical (unpaired) electrons. The van der Waals surface area contributed by atoms with Gasteiger partial charge in [0.15, 0.2) is 0 Å². The summed E-state index contributed by atoms with van der Waals surface area (Å²) in [5, 5.41) is 29.0. The quantitative estimate of drug-likeness (QED) is 0.253. The normalized spacial score (nSPS) is 10.1. The van der Waals surface area contributed by atoms with Crippen LogP contribution >= 0.6 is 0 Å². The van der Waals surface area contributed by atoms with E-state index >= 15 is 0 Å². The molecule has 0 aromatic heterocycles. The SMILES string of the molecule is NC(=O)c1ccccc1.NCCCCC(N)C(=O)O.O=C([O-])c1ccccc1C(=O)[O-].[Cu+2]. The van der Waals surface area contributed by atoms with Crippen LogP contribution in [0.1, 0.15) is 50.3 Å². The summed E-state index contributed by atoms with van der Waals surface area (Å²) in [6, 6.07) is 13.2. The van der Waals surface area contributed by atoms with Gasteiger partial charge in [-0.05, 0) is 31.5 Å². The van der Waals surface area contributed by atoms with Crippen molar-refractivity contribution in [2.45, 2.75) is 25.3 Å². The minimum absolute atomic E-state index is 0. The Labute approximate surface area is 195 Å². The van der Waals surface area contributed by atoms with Crippen LogP contribution in [0.4, 0.5) is 0 Å². The zero-order valence-corrected chi connectivity index (χ0v) is 18.0. The van der Waals surface area contributed by atoms with Gasteiger partial charge in [0.2, 0.25) is 5.91 Å². The van der Waals surface area contributed by atoms with Crippen LogP contribution in [-0.4, -0.2) is 41.5 Å². The van der Waals surface area contributed by atoms with Crippen molar-refractivity contribution < 1.29 is 51.6 Å². The largest absolute Gasteiger partial charge is 2.00 e. The maximum atomic E-state index is 10.4. The van der Waals surface area contributed by atoms with Gasteiger partial charge in [-0.25, -0.2) is 0 Å². The molecular formula is C21H25CuN3O7. The second-order valence-corrected chi connectivity index (χ2v) is 6.08. The second-order valence-electron chi connectivity index (χ2n) is 6.08. The predicted molar refractivity (Wildman–Crippen MR) is 109 cm³/mol. The van der Waals surface area contributed by atoms with Gasteiger partial charge in [-0.1, -0.05) is 48.9 Å². The van der Waals surface area contributed by atoms with Gasteiger partial charge in [0.25, 0.3) is 0 Å². The molecule has 1 unspecified atom stereocenters. The maximum Gasteiger partial charge on any atom is 2.00 e. The molecule has 1 amide bonds. The summed E-state index contributed by atoms with van der Waals surface area (Å²) in [6.07, 6.45) is 2.16. The van der Waals surface area contributed by atoms with E-state index in [-0.39, 0.29) is 34.1 Å². The average molecular weight is 495 g/mol. The van der Waals surface area contributed by atoms with Crippen molar-refractivity contribution in [3.05, 3.63) is 71.3 Å². The van der Waals surface area contributed by atoms with E-state index in [1.165, 1.54) is 12.1 Å². The van der Waals surface area contributed by atoms with Crippen LogP contribution < -0.4 is 27.4 Å². The zero-order chi connectivity index (χ0) is 23.8. The number of hydrogen-bond acceptors (Lipinski definition) is 8. The third kappa shape index (κ3) is 13.1. The van der Waals surface area contributed by atoms with E-state index in [4.69, 9.17) is 22.3 Å². The van der Waals surface area contributed by atoms with Crippen LogP contribution in [0.15, 0.2) is 54.6 Å². The number of nitrogens with two attached hydrogens (primary N) is 3. The third-order valence-corrected chi connectivity index (χ3v) is 3.71. The van der Waals surface area contributed by atoms with Gasteiger partial charge in [-0.2, -0.15) is 0 Å². The first-order chi connectivity index (χ1) is 14.6. The molecule has 0 saturated carbocycles. The van der Waals surface area contributed by atoms with Crippen molar-refractivity contribution in [3.63, 3.8) is 0 Å². The number of carboxylic acid groups (broad SMARTS) is 3. The summed E-state index contributed by atoms with van der Waals surface area (Å²) in [5.74, 6) is -4.35. The van der Waals surface area contributed by atoms with E-state index in [2.05, 4.69) is 0 Å². The van der Waals surface area contributed by atoms with Crippen LogP contribution in [-0.2, 0) is 21.9 Å². The Kier molecular flexibility index (Phi) is 16.9. The molecular weight excluding hydrogens is 470 g/mol. The molecule has 0 saturated heterocycles. The van der Waals surface area contributed by atoms with E-state index in [1.807, 2.05) is 6.07 Å². The average Bonchev–Trinajstić information content (AvgIpc) is 2.75. The predicted octanol–water partition coefficient (Wildman–Crippen LogP) is -1.28. The topological polar surface area (TPSA) is 213 Å². The standard InChI is InChI=1S/C8H6O4.C7H7NO.C6H14N2O2.Cu/c9-7(10)5-3-1-2-4-6(5)8(11)12;8-7(9)6-4-2-1-3-5-6;7-4-2-1-3-5(8)6(9)10;/h1-4H,(H,9,10)(H,11,12);1-5H,(H2,8,9);5H,1-4,7-8H2,(H,9,10);/q;;;+2/p-2. The first kappa shape index (κ1) is 30.9. The summed E-state index contributed by atoms with van der Waals surface area (Å²) in [4.78, 5) is 41.2. The first-order valence-electron chi connectivity index (χ1n) is 9.16. The molecule has 2 aromatic rings. The van der Waals surface area contributed by atoms with E-state index in [9.17, 15) is 29.4 Å². The fourth-order valence-electron chi connectivity index (χ4n) is 2.07. The number of unbranched alkanes of at least 4 members (excludes halogenated alkanes) is 1. The van der Waals surface area contributed by atoms with Crippen LogP contribution in [0.2, 0.25) is 0 Å². The molecule has 0 bridgehead atoms. The molecule has 2 rings (SSSR count). The molecule has 0 aliphatic carbocycles. The Morgan fingerprint density at radius 1 is 0.844 bits per heavy atom. The number of amides is 1. The molecule has 10 nitrogen and oxygen atoms in total. The number of carbonyl (C=O) groups excluding carboxylic acids is 3. The van der Waals surface area contributed by atoms with Crippen molar-refractivity contribution in [3.8, 4) is 0 Å². The van der Waals surface area contributed by atoms with Crippen molar-refractivity contribution in [1.82, 2.24) is 0 Å². The van der Waals surface area contributed by atoms with Gasteiger partial charge in [0.05, 0.1) is 11.9 Å². The van der Waals surface area contributed by atoms with Crippen LogP contribution in [0.5, 0.6) is 0 Å². The smallest absolute Gasteiger partial charge is 0.545 e. The Balaban J connectivity index is 0. The third-order valence-electron chi connectivity index (χ3n) is 3.71. The molecule has 177 valence electrons. The minimum Gasteiger partial charge on any atom is -0.545 e. The van der Waals surface area contributed by atoms with Gasteiger partial charge < -0.3 is 42.1 Å². The van der Waals surface area contributed by atoms with Gasteiger partial charge >= 0.3 is 23.0 Å². The van der Waals surface area contributed by atoms with E-state index in [0.717, 1.165) is 25.0 Å². The number of hydrogen-bond donors (Lipinski definition) is 4. The zero-order valence-electron chi connectivity index (χ0n) is 17.0. The number of carbonyl (C=O) groups is 4. The fraction of sp³-hybridized carbons (Fsp3) is 0.238. The van der Waals surface area contributed by atoms with Gasteiger partial charge in [-0.3, -0.25) is 9.59 Å². The van der Waals surface area contributed by atoms with Crippen molar-refractivity contribution >= 4 is 23.8 Å². The van der Waals surface area contributed by atoms with E-state index < -0.39 is 23.9 Å². The number of aromatic carboxylic acids is 2. The van der Waals surface area contributed by atoms with Gasteiger partial charge in [0, 0.05) is 16.7 Å². The molecule has 2 aromatic carbocycles. The Morgan fingerprint density at radius 3 is 1.59 bits per heavy atom. The Bertz CT molecular complexity index is 830. The van der Waals surface area contributed by atoms with Crippen LogP contribution in [0.3, 0.4) is 0 Å². The molecule has 7 N–H and O–H groups in total.